The Hall–Kier alpha value is -1.98. The lowest BCUT2D eigenvalue weighted by Crippen LogP contribution is -2.40. The molecule has 0 bridgehead atoms. The third-order valence-corrected chi connectivity index (χ3v) is 6.77. The molecule has 132 valence electrons. The van der Waals surface area contributed by atoms with Gasteiger partial charge in [0.1, 0.15) is 0 Å². The number of benzene rings is 2. The molecular formula is C20H23NO3S. The van der Waals surface area contributed by atoms with E-state index in [9.17, 15) is 13.2 Å². The highest BCUT2D eigenvalue weighted by atomic mass is 32.2. The van der Waals surface area contributed by atoms with Crippen LogP contribution in [0.1, 0.15) is 34.3 Å². The first kappa shape index (κ1) is 17.8. The van der Waals surface area contributed by atoms with Crippen molar-refractivity contribution in [2.24, 2.45) is 5.92 Å². The molecule has 1 fully saturated rings. The fraction of sp³-hybridized carbons (Fsp3) is 0.350. The smallest absolute Gasteiger partial charge is 0.243 e. The van der Waals surface area contributed by atoms with Crippen LogP contribution in [0, 0.1) is 19.8 Å². The number of sulfonamides is 1. The number of carbonyl (C=O) groups is 1. The zero-order valence-corrected chi connectivity index (χ0v) is 15.4. The molecule has 5 heteroatoms. The molecule has 4 nitrogen and oxygen atoms in total. The van der Waals surface area contributed by atoms with Crippen molar-refractivity contribution in [2.75, 3.05) is 13.1 Å². The van der Waals surface area contributed by atoms with Crippen LogP contribution in [0.5, 0.6) is 0 Å². The van der Waals surface area contributed by atoms with Gasteiger partial charge in [-0.1, -0.05) is 42.0 Å². The maximum absolute atomic E-state index is 12.8. The minimum Gasteiger partial charge on any atom is -0.294 e. The van der Waals surface area contributed by atoms with Crippen LogP contribution in [0.4, 0.5) is 0 Å². The van der Waals surface area contributed by atoms with Crippen molar-refractivity contribution in [1.82, 2.24) is 4.31 Å². The summed E-state index contributed by atoms with van der Waals surface area (Å²) in [5.74, 6) is 0.0258. The van der Waals surface area contributed by atoms with E-state index < -0.39 is 10.0 Å². The molecule has 0 unspecified atom stereocenters. The van der Waals surface area contributed by atoms with Crippen LogP contribution >= 0.6 is 0 Å². The van der Waals surface area contributed by atoms with Crippen molar-refractivity contribution < 1.29 is 13.2 Å². The van der Waals surface area contributed by atoms with Gasteiger partial charge in [0.15, 0.2) is 5.78 Å². The van der Waals surface area contributed by atoms with E-state index in [1.54, 1.807) is 30.3 Å². The van der Waals surface area contributed by atoms with Crippen molar-refractivity contribution in [1.29, 1.82) is 0 Å². The van der Waals surface area contributed by atoms with E-state index in [4.69, 9.17) is 0 Å². The lowest BCUT2D eigenvalue weighted by atomic mass is 9.87. The standard InChI is InChI=1S/C20H23NO3S/c1-15-8-9-19(16(2)14-15)20(22)17-10-12-21(13-11-17)25(23,24)18-6-4-3-5-7-18/h3-9,14,17H,10-13H2,1-2H3. The number of carbonyl (C=O) groups excluding carboxylic acids is 1. The molecule has 0 spiro atoms. The molecule has 0 atom stereocenters. The lowest BCUT2D eigenvalue weighted by molar-refractivity contribution is 0.0874. The maximum Gasteiger partial charge on any atom is 0.243 e. The Bertz CT molecular complexity index is 867. The van der Waals surface area contributed by atoms with E-state index in [1.807, 2.05) is 32.0 Å². The Morgan fingerprint density at radius 1 is 1.00 bits per heavy atom. The number of Topliss-reactive ketones (excluding diaryl/α,β-unsaturated/α-hetero) is 1. The molecule has 0 radical (unpaired) electrons. The molecule has 25 heavy (non-hydrogen) atoms. The van der Waals surface area contributed by atoms with E-state index >= 15 is 0 Å². The number of aryl methyl sites for hydroxylation is 2. The second kappa shape index (κ2) is 7.10. The highest BCUT2D eigenvalue weighted by molar-refractivity contribution is 7.89. The number of nitrogens with zero attached hydrogens (tertiary/aromatic N) is 1. The predicted octanol–water partition coefficient (Wildman–Crippen LogP) is 3.59. The topological polar surface area (TPSA) is 54.5 Å². The molecule has 1 aliphatic rings. The van der Waals surface area contributed by atoms with Crippen LogP contribution < -0.4 is 0 Å². The van der Waals surface area contributed by atoms with Gasteiger partial charge in [0.2, 0.25) is 10.0 Å². The molecule has 0 saturated carbocycles. The molecule has 3 rings (SSSR count). The van der Waals surface area contributed by atoms with Crippen molar-refractivity contribution in [3.8, 4) is 0 Å². The Balaban J connectivity index is 1.70. The molecule has 0 amide bonds. The summed E-state index contributed by atoms with van der Waals surface area (Å²) >= 11 is 0. The largest absolute Gasteiger partial charge is 0.294 e. The van der Waals surface area contributed by atoms with Crippen molar-refractivity contribution in [3.05, 3.63) is 65.2 Å². The van der Waals surface area contributed by atoms with E-state index in [2.05, 4.69) is 0 Å². The number of rotatable bonds is 4. The first-order valence-corrected chi connectivity index (χ1v) is 10.0. The zero-order valence-electron chi connectivity index (χ0n) is 14.6. The fourth-order valence-corrected chi connectivity index (χ4v) is 4.90. The molecule has 2 aromatic carbocycles. The minimum absolute atomic E-state index is 0.108. The Morgan fingerprint density at radius 2 is 1.64 bits per heavy atom. The van der Waals surface area contributed by atoms with Crippen molar-refractivity contribution >= 4 is 15.8 Å². The van der Waals surface area contributed by atoms with Gasteiger partial charge in [-0.25, -0.2) is 8.42 Å². The van der Waals surface area contributed by atoms with Gasteiger partial charge in [-0.05, 0) is 44.4 Å². The summed E-state index contributed by atoms with van der Waals surface area (Å²) in [6, 6.07) is 14.3. The molecule has 0 aliphatic carbocycles. The summed E-state index contributed by atoms with van der Waals surface area (Å²) in [6.07, 6.45) is 1.14. The number of ketones is 1. The lowest BCUT2D eigenvalue weighted by Gasteiger charge is -2.30. The molecule has 2 aromatic rings. The molecule has 1 aliphatic heterocycles. The summed E-state index contributed by atoms with van der Waals surface area (Å²) < 4.78 is 26.8. The molecule has 0 aromatic heterocycles. The van der Waals surface area contributed by atoms with Gasteiger partial charge in [0.05, 0.1) is 4.90 Å². The maximum atomic E-state index is 12.8. The molecule has 1 heterocycles. The van der Waals surface area contributed by atoms with Crippen molar-refractivity contribution in [3.63, 3.8) is 0 Å². The third kappa shape index (κ3) is 3.67. The average Bonchev–Trinajstić information content (AvgIpc) is 2.62. The first-order chi connectivity index (χ1) is 11.9. The zero-order chi connectivity index (χ0) is 18.0. The number of piperidine rings is 1. The second-order valence-electron chi connectivity index (χ2n) is 6.67. The van der Waals surface area contributed by atoms with E-state index in [1.165, 1.54) is 4.31 Å². The Morgan fingerprint density at radius 3 is 2.24 bits per heavy atom. The van der Waals surface area contributed by atoms with Crippen LogP contribution in [0.15, 0.2) is 53.4 Å². The Labute approximate surface area is 149 Å². The predicted molar refractivity (Wildman–Crippen MR) is 98.2 cm³/mol. The summed E-state index contributed by atoms with van der Waals surface area (Å²) in [5, 5.41) is 0. The van der Waals surface area contributed by atoms with Gasteiger partial charge in [0.25, 0.3) is 0 Å². The van der Waals surface area contributed by atoms with E-state index in [-0.39, 0.29) is 11.7 Å². The van der Waals surface area contributed by atoms with Gasteiger partial charge in [-0.2, -0.15) is 4.31 Å². The number of hydrogen-bond donors (Lipinski definition) is 0. The summed E-state index contributed by atoms with van der Waals surface area (Å²) in [6.45, 7) is 4.74. The number of hydrogen-bond acceptors (Lipinski definition) is 3. The van der Waals surface area contributed by atoms with Crippen LogP contribution in [0.25, 0.3) is 0 Å². The van der Waals surface area contributed by atoms with E-state index in [0.717, 1.165) is 16.7 Å². The van der Waals surface area contributed by atoms with Gasteiger partial charge >= 0.3 is 0 Å². The fourth-order valence-electron chi connectivity index (χ4n) is 3.41. The van der Waals surface area contributed by atoms with Gasteiger partial charge in [-0.15, -0.1) is 0 Å². The third-order valence-electron chi connectivity index (χ3n) is 4.85. The first-order valence-electron chi connectivity index (χ1n) is 8.56. The van der Waals surface area contributed by atoms with Gasteiger partial charge in [-0.3, -0.25) is 4.79 Å². The quantitative estimate of drug-likeness (QED) is 0.786. The van der Waals surface area contributed by atoms with Crippen LogP contribution in [-0.4, -0.2) is 31.6 Å². The second-order valence-corrected chi connectivity index (χ2v) is 8.61. The summed E-state index contributed by atoms with van der Waals surface area (Å²) in [7, 11) is -3.47. The Kier molecular flexibility index (Phi) is 5.06. The minimum atomic E-state index is -3.47. The summed E-state index contributed by atoms with van der Waals surface area (Å²) in [4.78, 5) is 13.1. The van der Waals surface area contributed by atoms with Gasteiger partial charge in [0, 0.05) is 24.6 Å². The summed E-state index contributed by atoms with van der Waals surface area (Å²) in [5.41, 5.74) is 2.89. The molecule has 1 saturated heterocycles. The van der Waals surface area contributed by atoms with Crippen LogP contribution in [0.2, 0.25) is 0 Å². The van der Waals surface area contributed by atoms with Gasteiger partial charge < -0.3 is 0 Å². The molecular weight excluding hydrogens is 334 g/mol. The monoisotopic (exact) mass is 357 g/mol. The highest BCUT2D eigenvalue weighted by Gasteiger charge is 2.32. The van der Waals surface area contributed by atoms with Crippen LogP contribution in [0.3, 0.4) is 0 Å². The van der Waals surface area contributed by atoms with E-state index in [0.29, 0.717) is 30.8 Å². The normalized spacial score (nSPS) is 16.7. The SMILES string of the molecule is Cc1ccc(C(=O)C2CCN(S(=O)(=O)c3ccccc3)CC2)c(C)c1. The highest BCUT2D eigenvalue weighted by Crippen LogP contribution is 2.27. The molecule has 0 N–H and O–H groups in total. The van der Waals surface area contributed by atoms with Crippen LogP contribution in [-0.2, 0) is 10.0 Å². The average molecular weight is 357 g/mol. The van der Waals surface area contributed by atoms with Crippen molar-refractivity contribution in [2.45, 2.75) is 31.6 Å².